The minimum absolute atomic E-state index is 0.0330. The van der Waals surface area contributed by atoms with Crippen LogP contribution in [0.25, 0.3) is 11.3 Å². The summed E-state index contributed by atoms with van der Waals surface area (Å²) in [6.45, 7) is 4.61. The van der Waals surface area contributed by atoms with Crippen LogP contribution in [-0.4, -0.2) is 50.7 Å². The Morgan fingerprint density at radius 3 is 2.62 bits per heavy atom. The van der Waals surface area contributed by atoms with Crippen LogP contribution in [-0.2, 0) is 14.8 Å². The fourth-order valence-electron chi connectivity index (χ4n) is 2.43. The summed E-state index contributed by atoms with van der Waals surface area (Å²) in [5, 5.41) is 8.55. The molecule has 7 nitrogen and oxygen atoms in total. The zero-order valence-electron chi connectivity index (χ0n) is 13.5. The van der Waals surface area contributed by atoms with Crippen molar-refractivity contribution in [3.05, 3.63) is 36.4 Å². The van der Waals surface area contributed by atoms with Crippen molar-refractivity contribution in [1.29, 1.82) is 0 Å². The Balaban J connectivity index is 1.79. The molecule has 1 fully saturated rings. The molecule has 1 N–H and O–H groups in total. The maximum absolute atomic E-state index is 11.7. The lowest BCUT2D eigenvalue weighted by Gasteiger charge is -2.27. The Morgan fingerprint density at radius 2 is 1.96 bits per heavy atom. The molecule has 0 radical (unpaired) electrons. The molecular weight excluding hydrogens is 328 g/mol. The molecule has 0 spiro atoms. The highest BCUT2D eigenvalue weighted by molar-refractivity contribution is 7.92. The van der Waals surface area contributed by atoms with E-state index in [0.717, 1.165) is 24.5 Å². The third-order valence-corrected chi connectivity index (χ3v) is 5.10. The van der Waals surface area contributed by atoms with Gasteiger partial charge in [0.15, 0.2) is 5.82 Å². The summed E-state index contributed by atoms with van der Waals surface area (Å²) < 4.78 is 31.2. The molecule has 3 rings (SSSR count). The van der Waals surface area contributed by atoms with E-state index in [1.807, 2.05) is 18.2 Å². The molecule has 8 heteroatoms. The zero-order valence-corrected chi connectivity index (χ0v) is 14.3. The first kappa shape index (κ1) is 16.7. The normalized spacial score (nSPS) is 15.3. The van der Waals surface area contributed by atoms with Gasteiger partial charge in [0.2, 0.25) is 10.0 Å². The Labute approximate surface area is 141 Å². The molecule has 0 saturated carbocycles. The van der Waals surface area contributed by atoms with E-state index in [9.17, 15) is 8.42 Å². The second kappa shape index (κ2) is 7.14. The number of anilines is 2. The first-order valence-electron chi connectivity index (χ1n) is 7.85. The van der Waals surface area contributed by atoms with Crippen LogP contribution in [0, 0.1) is 0 Å². The largest absolute Gasteiger partial charge is 0.378 e. The molecule has 0 unspecified atom stereocenters. The average molecular weight is 348 g/mol. The Hall–Kier alpha value is -2.19. The number of sulfonamides is 1. The van der Waals surface area contributed by atoms with Crippen LogP contribution in [0.4, 0.5) is 11.5 Å². The van der Waals surface area contributed by atoms with Gasteiger partial charge in [-0.3, -0.25) is 4.72 Å². The zero-order chi connectivity index (χ0) is 17.0. The minimum atomic E-state index is -3.30. The van der Waals surface area contributed by atoms with Crippen LogP contribution in [0.3, 0.4) is 0 Å². The molecule has 2 aromatic rings. The molecule has 0 atom stereocenters. The maximum Gasteiger partial charge on any atom is 0.232 e. The van der Waals surface area contributed by atoms with Crippen molar-refractivity contribution in [2.75, 3.05) is 41.7 Å². The highest BCUT2D eigenvalue weighted by atomic mass is 32.2. The van der Waals surface area contributed by atoms with E-state index in [1.165, 1.54) is 0 Å². The predicted molar refractivity (Wildman–Crippen MR) is 93.6 cm³/mol. The number of aromatic nitrogens is 2. The van der Waals surface area contributed by atoms with Crippen molar-refractivity contribution in [1.82, 2.24) is 10.2 Å². The fraction of sp³-hybridized carbons (Fsp3) is 0.375. The Kier molecular flexibility index (Phi) is 4.96. The van der Waals surface area contributed by atoms with Crippen molar-refractivity contribution < 1.29 is 13.2 Å². The van der Waals surface area contributed by atoms with E-state index in [4.69, 9.17) is 4.74 Å². The van der Waals surface area contributed by atoms with Crippen molar-refractivity contribution >= 4 is 21.5 Å². The molecule has 1 aliphatic heterocycles. The van der Waals surface area contributed by atoms with Crippen molar-refractivity contribution in [2.24, 2.45) is 0 Å². The SMILES string of the molecule is CCS(=O)(=O)Nc1cccc(-c2ccc(N3CCOCC3)nn2)c1. The number of hydrogen-bond donors (Lipinski definition) is 1. The third kappa shape index (κ3) is 4.01. The molecular formula is C16H20N4O3S. The van der Waals surface area contributed by atoms with E-state index < -0.39 is 10.0 Å². The first-order chi connectivity index (χ1) is 11.6. The number of nitrogens with zero attached hydrogens (tertiary/aromatic N) is 3. The van der Waals surface area contributed by atoms with Crippen LogP contribution < -0.4 is 9.62 Å². The minimum Gasteiger partial charge on any atom is -0.378 e. The summed E-state index contributed by atoms with van der Waals surface area (Å²) in [7, 11) is -3.30. The first-order valence-corrected chi connectivity index (χ1v) is 9.50. The summed E-state index contributed by atoms with van der Waals surface area (Å²) in [6, 6.07) is 11.0. The molecule has 1 aromatic heterocycles. The summed E-state index contributed by atoms with van der Waals surface area (Å²) in [6.07, 6.45) is 0. The molecule has 1 saturated heterocycles. The average Bonchev–Trinajstić information content (AvgIpc) is 2.62. The summed E-state index contributed by atoms with van der Waals surface area (Å²) in [5.74, 6) is 0.857. The lowest BCUT2D eigenvalue weighted by Crippen LogP contribution is -2.36. The highest BCUT2D eigenvalue weighted by Gasteiger charge is 2.13. The molecule has 1 aliphatic rings. The quantitative estimate of drug-likeness (QED) is 0.886. The number of rotatable bonds is 5. The van der Waals surface area contributed by atoms with Gasteiger partial charge < -0.3 is 9.64 Å². The molecule has 0 bridgehead atoms. The Morgan fingerprint density at radius 1 is 1.17 bits per heavy atom. The van der Waals surface area contributed by atoms with Gasteiger partial charge in [-0.1, -0.05) is 12.1 Å². The molecule has 2 heterocycles. The second-order valence-electron chi connectivity index (χ2n) is 5.46. The van der Waals surface area contributed by atoms with Crippen molar-refractivity contribution in [3.63, 3.8) is 0 Å². The number of ether oxygens (including phenoxy) is 1. The fourth-order valence-corrected chi connectivity index (χ4v) is 3.06. The Bertz CT molecular complexity index is 787. The monoisotopic (exact) mass is 348 g/mol. The standard InChI is InChI=1S/C16H20N4O3S/c1-2-24(21,22)19-14-5-3-4-13(12-14)15-6-7-16(18-17-15)20-8-10-23-11-9-20/h3-7,12,19H,2,8-11H2,1H3. The van der Waals surface area contributed by atoms with Crippen molar-refractivity contribution in [2.45, 2.75) is 6.92 Å². The van der Waals surface area contributed by atoms with Crippen LogP contribution in [0.1, 0.15) is 6.92 Å². The van der Waals surface area contributed by atoms with Gasteiger partial charge in [-0.15, -0.1) is 10.2 Å². The lowest BCUT2D eigenvalue weighted by molar-refractivity contribution is 0.122. The van der Waals surface area contributed by atoms with E-state index in [2.05, 4.69) is 19.8 Å². The molecule has 1 aromatic carbocycles. The summed E-state index contributed by atoms with van der Waals surface area (Å²) in [4.78, 5) is 2.13. The summed E-state index contributed by atoms with van der Waals surface area (Å²) >= 11 is 0. The van der Waals surface area contributed by atoms with Crippen LogP contribution in [0.2, 0.25) is 0 Å². The van der Waals surface area contributed by atoms with Crippen LogP contribution >= 0.6 is 0 Å². The number of nitrogens with one attached hydrogen (secondary N) is 1. The van der Waals surface area contributed by atoms with Gasteiger partial charge in [0.05, 0.1) is 24.7 Å². The van der Waals surface area contributed by atoms with E-state index in [-0.39, 0.29) is 5.75 Å². The van der Waals surface area contributed by atoms with Gasteiger partial charge in [-0.05, 0) is 31.2 Å². The maximum atomic E-state index is 11.7. The van der Waals surface area contributed by atoms with E-state index >= 15 is 0 Å². The van der Waals surface area contributed by atoms with Gasteiger partial charge >= 0.3 is 0 Å². The van der Waals surface area contributed by atoms with Crippen LogP contribution in [0.5, 0.6) is 0 Å². The van der Waals surface area contributed by atoms with Gasteiger partial charge in [0.1, 0.15) is 0 Å². The van der Waals surface area contributed by atoms with Gasteiger partial charge in [-0.25, -0.2) is 8.42 Å². The smallest absolute Gasteiger partial charge is 0.232 e. The summed E-state index contributed by atoms with van der Waals surface area (Å²) in [5.41, 5.74) is 2.03. The van der Waals surface area contributed by atoms with Crippen LogP contribution in [0.15, 0.2) is 36.4 Å². The third-order valence-electron chi connectivity index (χ3n) is 3.80. The van der Waals surface area contributed by atoms with Gasteiger partial charge in [-0.2, -0.15) is 0 Å². The lowest BCUT2D eigenvalue weighted by atomic mass is 10.1. The molecule has 0 aliphatic carbocycles. The number of hydrogen-bond acceptors (Lipinski definition) is 6. The molecule has 24 heavy (non-hydrogen) atoms. The van der Waals surface area contributed by atoms with Crippen molar-refractivity contribution in [3.8, 4) is 11.3 Å². The number of benzene rings is 1. The topological polar surface area (TPSA) is 84.4 Å². The van der Waals surface area contributed by atoms with E-state index in [0.29, 0.717) is 24.6 Å². The molecule has 128 valence electrons. The van der Waals surface area contributed by atoms with Gasteiger partial charge in [0.25, 0.3) is 0 Å². The predicted octanol–water partition coefficient (Wildman–Crippen LogP) is 1.74. The van der Waals surface area contributed by atoms with Gasteiger partial charge in [0, 0.05) is 24.3 Å². The van der Waals surface area contributed by atoms with E-state index in [1.54, 1.807) is 25.1 Å². The number of morpholine rings is 1. The molecule has 0 amide bonds. The second-order valence-corrected chi connectivity index (χ2v) is 7.47. The highest BCUT2D eigenvalue weighted by Crippen LogP contribution is 2.22.